The van der Waals surface area contributed by atoms with E-state index in [-0.39, 0.29) is 5.91 Å². The maximum absolute atomic E-state index is 11.7. The molecule has 1 aromatic carbocycles. The Labute approximate surface area is 97.4 Å². The Morgan fingerprint density at radius 3 is 2.76 bits per heavy atom. The van der Waals surface area contributed by atoms with Gasteiger partial charge in [0, 0.05) is 0 Å². The van der Waals surface area contributed by atoms with Crippen molar-refractivity contribution in [1.29, 1.82) is 0 Å². The number of hydrogen-bond donors (Lipinski definition) is 3. The van der Waals surface area contributed by atoms with Crippen molar-refractivity contribution in [3.8, 4) is 0 Å². The molecular formula is C10H12N6O. The maximum atomic E-state index is 11.7. The van der Waals surface area contributed by atoms with Crippen LogP contribution in [0.25, 0.3) is 0 Å². The molecule has 4 N–H and O–H groups in total. The quantitative estimate of drug-likeness (QED) is 0.374. The third kappa shape index (κ3) is 2.64. The first-order valence-corrected chi connectivity index (χ1v) is 5.09. The number of amides is 1. The summed E-state index contributed by atoms with van der Waals surface area (Å²) in [6.45, 7) is 0. The summed E-state index contributed by atoms with van der Waals surface area (Å²) in [4.78, 5) is 11.7. The lowest BCUT2D eigenvalue weighted by molar-refractivity contribution is -0.122. The highest BCUT2D eigenvalue weighted by molar-refractivity contribution is 5.82. The van der Waals surface area contributed by atoms with Crippen LogP contribution in [0.4, 0.5) is 0 Å². The molecule has 0 unspecified atom stereocenters. The minimum atomic E-state index is -0.541. The average Bonchev–Trinajstić information content (AvgIpc) is 2.90. The number of rotatable bonds is 4. The molecule has 7 heteroatoms. The Balaban J connectivity index is 2.20. The molecule has 0 saturated heterocycles. The van der Waals surface area contributed by atoms with Gasteiger partial charge in [0.25, 0.3) is 0 Å². The standard InChI is InChI=1S/C10H12N6O/c11-12-10(17)8(9-13-15-16-14-9)6-7-4-2-1-3-5-7/h1-5,8H,6,11H2,(H,12,17)(H,13,14,15,16)/t8-/m1/s1. The predicted molar refractivity (Wildman–Crippen MR) is 59.4 cm³/mol. The first-order valence-electron chi connectivity index (χ1n) is 5.09. The van der Waals surface area contributed by atoms with Gasteiger partial charge in [-0.2, -0.15) is 5.21 Å². The van der Waals surface area contributed by atoms with Gasteiger partial charge in [0.15, 0.2) is 5.82 Å². The zero-order valence-electron chi connectivity index (χ0n) is 9.00. The molecule has 1 amide bonds. The van der Waals surface area contributed by atoms with Gasteiger partial charge in [-0.25, -0.2) is 5.84 Å². The fourth-order valence-electron chi connectivity index (χ4n) is 1.57. The van der Waals surface area contributed by atoms with Crippen molar-refractivity contribution < 1.29 is 4.79 Å². The lowest BCUT2D eigenvalue weighted by Gasteiger charge is -2.11. The van der Waals surface area contributed by atoms with Crippen LogP contribution in [0.15, 0.2) is 30.3 Å². The van der Waals surface area contributed by atoms with Crippen LogP contribution < -0.4 is 11.3 Å². The lowest BCUT2D eigenvalue weighted by Crippen LogP contribution is -2.36. The van der Waals surface area contributed by atoms with Crippen LogP contribution in [0.5, 0.6) is 0 Å². The maximum Gasteiger partial charge on any atom is 0.245 e. The number of nitrogens with one attached hydrogen (secondary N) is 2. The molecule has 0 bridgehead atoms. The van der Waals surface area contributed by atoms with Crippen LogP contribution in [-0.2, 0) is 11.2 Å². The number of tetrazole rings is 1. The largest absolute Gasteiger partial charge is 0.294 e. The van der Waals surface area contributed by atoms with Crippen LogP contribution in [0.3, 0.4) is 0 Å². The second-order valence-corrected chi connectivity index (χ2v) is 3.52. The fraction of sp³-hybridized carbons (Fsp3) is 0.200. The lowest BCUT2D eigenvalue weighted by atomic mass is 9.98. The molecule has 0 saturated carbocycles. The first kappa shape index (κ1) is 11.2. The van der Waals surface area contributed by atoms with E-state index in [1.165, 1.54) is 0 Å². The Morgan fingerprint density at radius 1 is 1.41 bits per heavy atom. The molecule has 0 spiro atoms. The molecule has 0 fully saturated rings. The monoisotopic (exact) mass is 232 g/mol. The van der Waals surface area contributed by atoms with Crippen molar-refractivity contribution in [3.63, 3.8) is 0 Å². The highest BCUT2D eigenvalue weighted by atomic mass is 16.2. The topological polar surface area (TPSA) is 110 Å². The third-order valence-corrected chi connectivity index (χ3v) is 2.41. The van der Waals surface area contributed by atoms with E-state index >= 15 is 0 Å². The number of nitrogens with zero attached hydrogens (tertiary/aromatic N) is 3. The van der Waals surface area contributed by atoms with E-state index in [0.29, 0.717) is 12.2 Å². The first-order chi connectivity index (χ1) is 8.31. The minimum absolute atomic E-state index is 0.330. The van der Waals surface area contributed by atoms with Gasteiger partial charge < -0.3 is 0 Å². The molecule has 1 heterocycles. The van der Waals surface area contributed by atoms with Crippen molar-refractivity contribution >= 4 is 5.91 Å². The number of H-pyrrole nitrogens is 1. The molecule has 2 rings (SSSR count). The zero-order valence-corrected chi connectivity index (χ0v) is 9.00. The van der Waals surface area contributed by atoms with Gasteiger partial charge in [0.2, 0.25) is 5.91 Å². The highest BCUT2D eigenvalue weighted by Crippen LogP contribution is 2.16. The van der Waals surface area contributed by atoms with Crippen LogP contribution >= 0.6 is 0 Å². The summed E-state index contributed by atoms with van der Waals surface area (Å²) in [6, 6.07) is 9.58. The molecule has 0 aliphatic carbocycles. The van der Waals surface area contributed by atoms with Crippen LogP contribution in [0.2, 0.25) is 0 Å². The van der Waals surface area contributed by atoms with E-state index in [2.05, 4.69) is 26.0 Å². The molecule has 7 nitrogen and oxygen atoms in total. The number of benzene rings is 1. The molecule has 0 aliphatic rings. The molecule has 1 atom stereocenters. The van der Waals surface area contributed by atoms with E-state index in [9.17, 15) is 4.79 Å². The van der Waals surface area contributed by atoms with Crippen LogP contribution in [0.1, 0.15) is 17.3 Å². The SMILES string of the molecule is NNC(=O)[C@H](Cc1ccccc1)c1nn[nH]n1. The van der Waals surface area contributed by atoms with Crippen molar-refractivity contribution in [3.05, 3.63) is 41.7 Å². The molecule has 0 radical (unpaired) electrons. The van der Waals surface area contributed by atoms with E-state index in [1.54, 1.807) is 0 Å². The summed E-state index contributed by atoms with van der Waals surface area (Å²) in [5.41, 5.74) is 3.12. The van der Waals surface area contributed by atoms with Crippen molar-refractivity contribution in [2.45, 2.75) is 12.3 Å². The second-order valence-electron chi connectivity index (χ2n) is 3.52. The van der Waals surface area contributed by atoms with Crippen LogP contribution in [0, 0.1) is 0 Å². The van der Waals surface area contributed by atoms with Gasteiger partial charge in [-0.1, -0.05) is 35.5 Å². The number of carbonyl (C=O) groups is 1. The molecule has 0 aliphatic heterocycles. The zero-order chi connectivity index (χ0) is 12.1. The average molecular weight is 232 g/mol. The number of hydrazine groups is 1. The Kier molecular flexibility index (Phi) is 3.41. The summed E-state index contributed by atoms with van der Waals surface area (Å²) in [5, 5.41) is 13.4. The summed E-state index contributed by atoms with van der Waals surface area (Å²) in [5.74, 6) is 4.60. The molecular weight excluding hydrogens is 220 g/mol. The minimum Gasteiger partial charge on any atom is -0.294 e. The molecule has 17 heavy (non-hydrogen) atoms. The second kappa shape index (κ2) is 5.17. The van der Waals surface area contributed by atoms with Gasteiger partial charge in [-0.15, -0.1) is 10.2 Å². The van der Waals surface area contributed by atoms with E-state index in [1.807, 2.05) is 30.3 Å². The number of aromatic amines is 1. The van der Waals surface area contributed by atoms with Gasteiger partial charge in [-0.3, -0.25) is 10.2 Å². The summed E-state index contributed by atoms with van der Waals surface area (Å²) in [7, 11) is 0. The summed E-state index contributed by atoms with van der Waals surface area (Å²) >= 11 is 0. The molecule has 2 aromatic rings. The Bertz CT molecular complexity index is 469. The van der Waals surface area contributed by atoms with E-state index in [4.69, 9.17) is 5.84 Å². The number of nitrogens with two attached hydrogens (primary N) is 1. The smallest absolute Gasteiger partial charge is 0.245 e. The number of carbonyl (C=O) groups excluding carboxylic acids is 1. The van der Waals surface area contributed by atoms with Gasteiger partial charge in [-0.05, 0) is 12.0 Å². The Morgan fingerprint density at radius 2 is 2.18 bits per heavy atom. The highest BCUT2D eigenvalue weighted by Gasteiger charge is 2.24. The third-order valence-electron chi connectivity index (χ3n) is 2.41. The van der Waals surface area contributed by atoms with Crippen molar-refractivity contribution in [2.24, 2.45) is 5.84 Å². The van der Waals surface area contributed by atoms with Gasteiger partial charge >= 0.3 is 0 Å². The number of hydrogen-bond acceptors (Lipinski definition) is 5. The molecule has 88 valence electrons. The van der Waals surface area contributed by atoms with Crippen molar-refractivity contribution in [2.75, 3.05) is 0 Å². The number of aromatic nitrogens is 4. The van der Waals surface area contributed by atoms with Crippen molar-refractivity contribution in [1.82, 2.24) is 26.0 Å². The van der Waals surface area contributed by atoms with Gasteiger partial charge in [0.05, 0.1) is 0 Å². The summed E-state index contributed by atoms with van der Waals surface area (Å²) < 4.78 is 0. The van der Waals surface area contributed by atoms with Crippen LogP contribution in [-0.4, -0.2) is 26.5 Å². The molecule has 1 aromatic heterocycles. The van der Waals surface area contributed by atoms with E-state index in [0.717, 1.165) is 5.56 Å². The van der Waals surface area contributed by atoms with Gasteiger partial charge in [0.1, 0.15) is 5.92 Å². The van der Waals surface area contributed by atoms with E-state index < -0.39 is 5.92 Å². The fourth-order valence-corrected chi connectivity index (χ4v) is 1.57. The normalized spacial score (nSPS) is 12.1. The predicted octanol–water partition coefficient (Wildman–Crippen LogP) is -0.484. The Hall–Kier alpha value is -2.28. The summed E-state index contributed by atoms with van der Waals surface area (Å²) in [6.07, 6.45) is 0.476.